The van der Waals surface area contributed by atoms with E-state index in [9.17, 15) is 8.78 Å². The average Bonchev–Trinajstić information content (AvgIpc) is 2.35. The predicted octanol–water partition coefficient (Wildman–Crippen LogP) is 3.36. The van der Waals surface area contributed by atoms with E-state index < -0.39 is 12.0 Å². The van der Waals surface area contributed by atoms with Crippen LogP contribution in [0.1, 0.15) is 18.4 Å². The number of piperidine rings is 1. The number of hydrogen-bond acceptors (Lipinski definition) is 1. The minimum atomic E-state index is -0.885. The monoisotopic (exact) mass is 259 g/mol. The molecule has 1 aliphatic rings. The molecule has 0 spiro atoms. The first kappa shape index (κ1) is 12.8. The lowest BCUT2D eigenvalue weighted by Gasteiger charge is -2.25. The van der Waals surface area contributed by atoms with E-state index in [1.807, 2.05) is 0 Å². The zero-order chi connectivity index (χ0) is 12.3. The van der Waals surface area contributed by atoms with Crippen LogP contribution < -0.4 is 5.32 Å². The van der Waals surface area contributed by atoms with Crippen LogP contribution in [0.3, 0.4) is 0 Å². The molecule has 1 aromatic carbocycles. The number of halogens is 3. The first-order valence-electron chi connectivity index (χ1n) is 5.95. The van der Waals surface area contributed by atoms with E-state index in [0.29, 0.717) is 6.42 Å². The first-order valence-corrected chi connectivity index (χ1v) is 6.33. The fourth-order valence-corrected chi connectivity index (χ4v) is 2.45. The lowest BCUT2D eigenvalue weighted by atomic mass is 9.91. The molecule has 0 saturated carbocycles. The van der Waals surface area contributed by atoms with Crippen molar-refractivity contribution < 1.29 is 8.78 Å². The van der Waals surface area contributed by atoms with Crippen molar-refractivity contribution in [1.82, 2.24) is 5.32 Å². The average molecular weight is 260 g/mol. The molecule has 17 heavy (non-hydrogen) atoms. The molecule has 94 valence electrons. The van der Waals surface area contributed by atoms with Gasteiger partial charge >= 0.3 is 0 Å². The summed E-state index contributed by atoms with van der Waals surface area (Å²) in [6.07, 6.45) is 1.37. The molecule has 1 N–H and O–H groups in total. The molecule has 1 aromatic rings. The van der Waals surface area contributed by atoms with Gasteiger partial charge in [-0.15, -0.1) is 0 Å². The summed E-state index contributed by atoms with van der Waals surface area (Å²) < 4.78 is 27.0. The van der Waals surface area contributed by atoms with Gasteiger partial charge in [0.1, 0.15) is 12.0 Å². The fourth-order valence-electron chi connectivity index (χ4n) is 2.25. The normalized spacial score (nSPS) is 22.4. The topological polar surface area (TPSA) is 12.0 Å². The third kappa shape index (κ3) is 3.39. The molecule has 0 bridgehead atoms. The number of hydrogen-bond donors (Lipinski definition) is 1. The summed E-state index contributed by atoms with van der Waals surface area (Å²) in [6.45, 7) is 1.71. The van der Waals surface area contributed by atoms with E-state index in [-0.39, 0.29) is 10.9 Å². The molecule has 1 fully saturated rings. The van der Waals surface area contributed by atoms with Gasteiger partial charge < -0.3 is 5.32 Å². The number of rotatable bonds is 3. The molecule has 1 saturated heterocycles. The highest BCUT2D eigenvalue weighted by molar-refractivity contribution is 6.30. The summed E-state index contributed by atoms with van der Waals surface area (Å²) in [6, 6.07) is 4.41. The SMILES string of the molecule is Fc1ccc(CC(F)C2CCCNC2)cc1Cl. The third-order valence-corrected chi connectivity index (χ3v) is 3.55. The Labute approximate surface area is 105 Å². The Morgan fingerprint density at radius 3 is 2.94 bits per heavy atom. The van der Waals surface area contributed by atoms with Crippen molar-refractivity contribution in [2.75, 3.05) is 13.1 Å². The summed E-state index contributed by atoms with van der Waals surface area (Å²) in [5.74, 6) is -0.391. The van der Waals surface area contributed by atoms with E-state index in [4.69, 9.17) is 11.6 Å². The molecule has 2 unspecified atom stereocenters. The van der Waals surface area contributed by atoms with Crippen molar-refractivity contribution in [3.8, 4) is 0 Å². The molecule has 1 nitrogen and oxygen atoms in total. The van der Waals surface area contributed by atoms with Crippen molar-refractivity contribution >= 4 is 11.6 Å². The second kappa shape index (κ2) is 5.78. The van der Waals surface area contributed by atoms with Crippen LogP contribution in [0.25, 0.3) is 0 Å². The van der Waals surface area contributed by atoms with Gasteiger partial charge in [0.2, 0.25) is 0 Å². The summed E-state index contributed by atoms with van der Waals surface area (Å²) in [5.41, 5.74) is 0.759. The van der Waals surface area contributed by atoms with Gasteiger partial charge in [-0.2, -0.15) is 0 Å². The molecule has 0 aromatic heterocycles. The second-order valence-corrected chi connectivity index (χ2v) is 4.98. The van der Waals surface area contributed by atoms with Gasteiger partial charge in [-0.3, -0.25) is 0 Å². The standard InChI is InChI=1S/C13H16ClF2N/c14-11-6-9(3-4-12(11)15)7-13(16)10-2-1-5-17-8-10/h3-4,6,10,13,17H,1-2,5,7-8H2. The van der Waals surface area contributed by atoms with Crippen LogP contribution >= 0.6 is 11.6 Å². The highest BCUT2D eigenvalue weighted by Gasteiger charge is 2.23. The third-order valence-electron chi connectivity index (χ3n) is 3.26. The molecule has 4 heteroatoms. The number of alkyl halides is 1. The Morgan fingerprint density at radius 1 is 1.47 bits per heavy atom. The van der Waals surface area contributed by atoms with Crippen LogP contribution in [0.4, 0.5) is 8.78 Å². The van der Waals surface area contributed by atoms with E-state index in [0.717, 1.165) is 31.5 Å². The maximum absolute atomic E-state index is 14.0. The van der Waals surface area contributed by atoms with Gasteiger partial charge in [-0.1, -0.05) is 17.7 Å². The molecule has 0 radical (unpaired) electrons. The highest BCUT2D eigenvalue weighted by Crippen LogP contribution is 2.23. The number of benzene rings is 1. The fraction of sp³-hybridized carbons (Fsp3) is 0.538. The molecule has 1 aliphatic heterocycles. The Kier molecular flexibility index (Phi) is 4.35. The largest absolute Gasteiger partial charge is 0.316 e. The summed E-state index contributed by atoms with van der Waals surface area (Å²) in [4.78, 5) is 0. The van der Waals surface area contributed by atoms with Crippen molar-refractivity contribution in [2.24, 2.45) is 5.92 Å². The van der Waals surface area contributed by atoms with Gasteiger partial charge in [-0.05, 0) is 37.1 Å². The summed E-state index contributed by atoms with van der Waals surface area (Å²) in [5, 5.41) is 3.26. The lowest BCUT2D eigenvalue weighted by molar-refractivity contribution is 0.191. The van der Waals surface area contributed by atoms with E-state index >= 15 is 0 Å². The summed E-state index contributed by atoms with van der Waals surface area (Å²) in [7, 11) is 0. The van der Waals surface area contributed by atoms with Crippen LogP contribution in [0.2, 0.25) is 5.02 Å². The van der Waals surface area contributed by atoms with Crippen LogP contribution in [0.15, 0.2) is 18.2 Å². The summed E-state index contributed by atoms with van der Waals surface area (Å²) >= 11 is 5.67. The minimum absolute atomic E-state index is 0.0626. The molecule has 0 aliphatic carbocycles. The Hall–Kier alpha value is -0.670. The van der Waals surface area contributed by atoms with E-state index in [1.165, 1.54) is 12.1 Å². The quantitative estimate of drug-likeness (QED) is 0.878. The predicted molar refractivity (Wildman–Crippen MR) is 65.6 cm³/mol. The first-order chi connectivity index (χ1) is 8.16. The Balaban J connectivity index is 1.96. The highest BCUT2D eigenvalue weighted by atomic mass is 35.5. The Morgan fingerprint density at radius 2 is 2.29 bits per heavy atom. The zero-order valence-corrected chi connectivity index (χ0v) is 10.3. The zero-order valence-electron chi connectivity index (χ0n) is 9.56. The van der Waals surface area contributed by atoms with Crippen LogP contribution in [0, 0.1) is 11.7 Å². The van der Waals surface area contributed by atoms with Crippen molar-refractivity contribution in [1.29, 1.82) is 0 Å². The molecule has 0 amide bonds. The molecule has 2 atom stereocenters. The van der Waals surface area contributed by atoms with Crippen LogP contribution in [0.5, 0.6) is 0 Å². The molecular formula is C13H16ClF2N. The smallest absolute Gasteiger partial charge is 0.141 e. The Bertz CT molecular complexity index is 378. The van der Waals surface area contributed by atoms with Gasteiger partial charge in [0, 0.05) is 18.9 Å². The molecule has 1 heterocycles. The van der Waals surface area contributed by atoms with Crippen molar-refractivity contribution in [3.63, 3.8) is 0 Å². The second-order valence-electron chi connectivity index (χ2n) is 4.58. The van der Waals surface area contributed by atoms with E-state index in [1.54, 1.807) is 6.07 Å². The van der Waals surface area contributed by atoms with Crippen molar-refractivity contribution in [2.45, 2.75) is 25.4 Å². The van der Waals surface area contributed by atoms with E-state index in [2.05, 4.69) is 5.32 Å². The lowest BCUT2D eigenvalue weighted by Crippen LogP contribution is -2.35. The van der Waals surface area contributed by atoms with Gasteiger partial charge in [0.15, 0.2) is 0 Å². The van der Waals surface area contributed by atoms with Crippen LogP contribution in [-0.4, -0.2) is 19.3 Å². The minimum Gasteiger partial charge on any atom is -0.316 e. The van der Waals surface area contributed by atoms with Gasteiger partial charge in [0.05, 0.1) is 5.02 Å². The maximum Gasteiger partial charge on any atom is 0.141 e. The number of nitrogens with one attached hydrogen (secondary N) is 1. The molecular weight excluding hydrogens is 244 g/mol. The van der Waals surface area contributed by atoms with Crippen molar-refractivity contribution in [3.05, 3.63) is 34.6 Å². The van der Waals surface area contributed by atoms with Gasteiger partial charge in [-0.25, -0.2) is 8.78 Å². The maximum atomic E-state index is 14.0. The van der Waals surface area contributed by atoms with Gasteiger partial charge in [0.25, 0.3) is 0 Å². The van der Waals surface area contributed by atoms with Crippen LogP contribution in [-0.2, 0) is 6.42 Å². The molecule has 2 rings (SSSR count).